The van der Waals surface area contributed by atoms with Crippen molar-refractivity contribution in [1.29, 1.82) is 0 Å². The zero-order valence-corrected chi connectivity index (χ0v) is 7.91. The number of rotatable bonds is 2. The molecule has 0 amide bonds. The van der Waals surface area contributed by atoms with Crippen LogP contribution in [-0.4, -0.2) is 32.9 Å². The van der Waals surface area contributed by atoms with Crippen LogP contribution in [-0.2, 0) is 23.8 Å². The van der Waals surface area contributed by atoms with Gasteiger partial charge in [0.1, 0.15) is 18.5 Å². The van der Waals surface area contributed by atoms with E-state index in [0.717, 1.165) is 0 Å². The zero-order valence-electron chi connectivity index (χ0n) is 7.10. The van der Waals surface area contributed by atoms with Gasteiger partial charge in [-0.1, -0.05) is 6.08 Å². The Hall–Kier alpha value is -0.880. The quantitative estimate of drug-likeness (QED) is 0.356. The maximum Gasteiger partial charge on any atom is 0.330 e. The Morgan fingerprint density at radius 1 is 1.62 bits per heavy atom. The van der Waals surface area contributed by atoms with Crippen LogP contribution in [0.5, 0.6) is 0 Å². The van der Waals surface area contributed by atoms with Crippen LogP contribution in [0.3, 0.4) is 0 Å². The normalized spacial score (nSPS) is 26.4. The van der Waals surface area contributed by atoms with E-state index in [-0.39, 0.29) is 12.4 Å². The van der Waals surface area contributed by atoms with Crippen LogP contribution in [0.2, 0.25) is 0 Å². The summed E-state index contributed by atoms with van der Waals surface area (Å²) in [4.78, 5) is 10.9. The molecular weight excluding hydrogens is 196 g/mol. The Bertz CT molecular complexity index is 316. The minimum Gasteiger partial charge on any atom is -0.456 e. The Kier molecular flexibility index (Phi) is 3.05. The van der Waals surface area contributed by atoms with Crippen molar-refractivity contribution in [2.24, 2.45) is 0 Å². The van der Waals surface area contributed by atoms with Crippen molar-refractivity contribution >= 4 is 16.1 Å². The molecule has 1 aliphatic rings. The third-order valence-corrected chi connectivity index (χ3v) is 2.68. The second kappa shape index (κ2) is 3.89. The molecule has 0 saturated carbocycles. The average molecular weight is 206 g/mol. The van der Waals surface area contributed by atoms with Crippen molar-refractivity contribution in [3.05, 3.63) is 12.2 Å². The molecule has 0 aliphatic carbocycles. The van der Waals surface area contributed by atoms with E-state index < -0.39 is 22.2 Å². The number of hydrogen-bond acceptors (Lipinski definition) is 5. The standard InChI is InChI=1S/C7H10O5S/c1-2-3-7(8)12-6-4-11-13(9,10)5-6/h2-3,6H,4-5H2,1H3/b3-2+. The first kappa shape index (κ1) is 10.2. The summed E-state index contributed by atoms with van der Waals surface area (Å²) in [6, 6.07) is 0. The van der Waals surface area contributed by atoms with Gasteiger partial charge in [0.15, 0.2) is 0 Å². The van der Waals surface area contributed by atoms with Crippen molar-refractivity contribution in [1.82, 2.24) is 0 Å². The lowest BCUT2D eigenvalue weighted by Gasteiger charge is -2.04. The van der Waals surface area contributed by atoms with Gasteiger partial charge in [-0.3, -0.25) is 4.18 Å². The molecule has 0 spiro atoms. The van der Waals surface area contributed by atoms with Gasteiger partial charge in [-0.15, -0.1) is 0 Å². The lowest BCUT2D eigenvalue weighted by Crippen LogP contribution is -2.20. The first-order valence-electron chi connectivity index (χ1n) is 3.74. The van der Waals surface area contributed by atoms with E-state index in [1.165, 1.54) is 12.2 Å². The Balaban J connectivity index is 2.45. The molecule has 0 radical (unpaired) electrons. The molecule has 0 bridgehead atoms. The smallest absolute Gasteiger partial charge is 0.330 e. The molecular formula is C7H10O5S. The van der Waals surface area contributed by atoms with Crippen LogP contribution >= 0.6 is 0 Å². The number of carbonyl (C=O) groups excluding carboxylic acids is 1. The molecule has 5 nitrogen and oxygen atoms in total. The van der Waals surface area contributed by atoms with Crippen LogP contribution in [0.1, 0.15) is 6.92 Å². The summed E-state index contributed by atoms with van der Waals surface area (Å²) in [5, 5.41) is 0. The molecule has 1 unspecified atom stereocenters. The third kappa shape index (κ3) is 3.16. The molecule has 1 saturated heterocycles. The SMILES string of the molecule is C/C=C/C(=O)OC1COS(=O)(=O)C1. The second-order valence-electron chi connectivity index (χ2n) is 2.57. The van der Waals surface area contributed by atoms with Gasteiger partial charge in [0.05, 0.1) is 0 Å². The predicted molar refractivity (Wildman–Crippen MR) is 44.4 cm³/mol. The van der Waals surface area contributed by atoms with Gasteiger partial charge < -0.3 is 4.74 Å². The topological polar surface area (TPSA) is 69.7 Å². The Morgan fingerprint density at radius 2 is 2.31 bits per heavy atom. The fourth-order valence-electron chi connectivity index (χ4n) is 0.911. The number of hydrogen-bond donors (Lipinski definition) is 0. The first-order valence-corrected chi connectivity index (χ1v) is 5.31. The summed E-state index contributed by atoms with van der Waals surface area (Å²) < 4.78 is 30.7. The van der Waals surface area contributed by atoms with Crippen LogP contribution in [0.25, 0.3) is 0 Å². The molecule has 0 N–H and O–H groups in total. The van der Waals surface area contributed by atoms with E-state index in [2.05, 4.69) is 4.18 Å². The minimum atomic E-state index is -3.46. The highest BCUT2D eigenvalue weighted by molar-refractivity contribution is 7.87. The highest BCUT2D eigenvalue weighted by Crippen LogP contribution is 2.11. The van der Waals surface area contributed by atoms with Gasteiger partial charge >= 0.3 is 5.97 Å². The van der Waals surface area contributed by atoms with Crippen molar-refractivity contribution in [3.63, 3.8) is 0 Å². The Labute approximate surface area is 76.5 Å². The van der Waals surface area contributed by atoms with E-state index in [9.17, 15) is 13.2 Å². The van der Waals surface area contributed by atoms with Gasteiger partial charge in [0.2, 0.25) is 0 Å². The highest BCUT2D eigenvalue weighted by atomic mass is 32.2. The van der Waals surface area contributed by atoms with Crippen molar-refractivity contribution in [2.45, 2.75) is 13.0 Å². The van der Waals surface area contributed by atoms with Crippen molar-refractivity contribution in [3.8, 4) is 0 Å². The first-order chi connectivity index (χ1) is 6.03. The summed E-state index contributed by atoms with van der Waals surface area (Å²) in [6.07, 6.45) is 2.08. The summed E-state index contributed by atoms with van der Waals surface area (Å²) >= 11 is 0. The third-order valence-electron chi connectivity index (χ3n) is 1.41. The minimum absolute atomic E-state index is 0.0778. The maximum atomic E-state index is 10.9. The molecule has 6 heteroatoms. The molecule has 74 valence electrons. The number of ether oxygens (including phenoxy) is 1. The van der Waals surface area contributed by atoms with Crippen LogP contribution in [0.4, 0.5) is 0 Å². The monoisotopic (exact) mass is 206 g/mol. The molecule has 1 rings (SSSR count). The number of carbonyl (C=O) groups is 1. The van der Waals surface area contributed by atoms with Crippen molar-refractivity contribution < 1.29 is 22.1 Å². The number of esters is 1. The largest absolute Gasteiger partial charge is 0.456 e. The fourth-order valence-corrected chi connectivity index (χ4v) is 1.99. The van der Waals surface area contributed by atoms with Gasteiger partial charge in [0, 0.05) is 6.08 Å². The molecule has 1 atom stereocenters. The average Bonchev–Trinajstić information content (AvgIpc) is 2.30. The second-order valence-corrected chi connectivity index (χ2v) is 4.25. The fraction of sp³-hybridized carbons (Fsp3) is 0.571. The predicted octanol–water partition coefficient (Wildman–Crippen LogP) is -0.166. The molecule has 1 heterocycles. The van der Waals surface area contributed by atoms with E-state index in [0.29, 0.717) is 0 Å². The molecule has 0 aromatic heterocycles. The van der Waals surface area contributed by atoms with E-state index in [1.807, 2.05) is 0 Å². The highest BCUT2D eigenvalue weighted by Gasteiger charge is 2.31. The maximum absolute atomic E-state index is 10.9. The number of allylic oxidation sites excluding steroid dienone is 1. The molecule has 13 heavy (non-hydrogen) atoms. The van der Waals surface area contributed by atoms with Gasteiger partial charge in [-0.05, 0) is 6.92 Å². The molecule has 1 aliphatic heterocycles. The lowest BCUT2D eigenvalue weighted by molar-refractivity contribution is -0.142. The van der Waals surface area contributed by atoms with E-state index in [4.69, 9.17) is 4.74 Å². The van der Waals surface area contributed by atoms with E-state index in [1.54, 1.807) is 6.92 Å². The van der Waals surface area contributed by atoms with Crippen molar-refractivity contribution in [2.75, 3.05) is 12.4 Å². The van der Waals surface area contributed by atoms with Gasteiger partial charge in [-0.2, -0.15) is 8.42 Å². The van der Waals surface area contributed by atoms with E-state index >= 15 is 0 Å². The molecule has 1 fully saturated rings. The molecule has 0 aromatic rings. The van der Waals surface area contributed by atoms with Gasteiger partial charge in [-0.25, -0.2) is 4.79 Å². The Morgan fingerprint density at radius 3 is 2.77 bits per heavy atom. The summed E-state index contributed by atoms with van der Waals surface area (Å²) in [6.45, 7) is 1.59. The summed E-state index contributed by atoms with van der Waals surface area (Å²) in [5.41, 5.74) is 0. The van der Waals surface area contributed by atoms with Gasteiger partial charge in [0.25, 0.3) is 10.1 Å². The van der Waals surface area contributed by atoms with Crippen LogP contribution < -0.4 is 0 Å². The lowest BCUT2D eigenvalue weighted by atomic mass is 10.4. The van der Waals surface area contributed by atoms with Crippen LogP contribution in [0, 0.1) is 0 Å². The summed E-state index contributed by atoms with van der Waals surface area (Å²) in [7, 11) is -3.46. The summed E-state index contributed by atoms with van der Waals surface area (Å²) in [5.74, 6) is -0.802. The van der Waals surface area contributed by atoms with Crippen LogP contribution in [0.15, 0.2) is 12.2 Å². The molecule has 0 aromatic carbocycles. The zero-order chi connectivity index (χ0) is 9.90.